The first-order valence-corrected chi connectivity index (χ1v) is 33.9. The number of phenols is 1. The standard InChI is InChI=1S/C63H99N13O23S/c1-29(2)23-39(68-52(87)36(64)20-22-100-9)55(90)71-42(27-48(83)84)57(92)69-40(24-30(3)4)54(89)67-38(16-18-46(65)80)62(97)76-21-10-11-45(76)59(94)66-37(17-19-47(81)82)53(88)74-51(33(8)78)61(96)75-50(32(7)77)60(95)72-43(28-49(85)86)58(93)70-41(25-31(5)6)56(91)73-44(63(98)99)26-34-12-14-35(79)15-13-34/h12-15,29-33,36-45,50-51,77-79H,10-11,16-28,64H2,1-9H3,(H2,65,80)(H,66,94)(H,67,89)(H,68,87)(H,69,92)(H,70,93)(H,71,90)(H,72,95)(H,73,91)(H,74,88)(H,75,96)(H,81,82)(H,83,84)(H,85,86)(H,98,99)/t32-,33-,36+,37+,38+,39+,40+,41+,42+,43+,44+,45+,50+,51+/m1/s1. The van der Waals surface area contributed by atoms with Gasteiger partial charge in [0.1, 0.15) is 72.2 Å². The number of aromatic hydroxyl groups is 1. The van der Waals surface area contributed by atoms with Crippen LogP contribution in [0.1, 0.15) is 138 Å². The molecule has 1 aliphatic heterocycles. The number of nitrogens with one attached hydrogen (secondary N) is 10. The van der Waals surface area contributed by atoms with Crippen LogP contribution in [-0.4, -0.2) is 239 Å². The Morgan fingerprint density at radius 2 is 0.880 bits per heavy atom. The first kappa shape index (κ1) is 86.9. The number of phenolic OH excluding ortho intramolecular Hbond substituents is 1. The SMILES string of the molecule is CSCC[C@H](N)C(=O)N[C@@H](CC(C)C)C(=O)N[C@@H](CC(=O)O)C(=O)N[C@@H](CC(C)C)C(=O)N[C@@H](CCC(N)=O)C(=O)N1CCC[C@H]1C(=O)N[C@@H](CCC(=O)O)C(=O)N[C@H](C(=O)N[C@H](C(=O)N[C@@H](CC(=O)O)C(=O)N[C@@H](CC(C)C)C(=O)N[C@@H](Cc1ccc(O)cc1)C(=O)O)[C@@H](C)O)[C@@H](C)O. The van der Waals surface area contributed by atoms with Crippen molar-refractivity contribution >= 4 is 107 Å². The number of nitrogens with zero attached hydrogens (tertiary/aromatic N) is 1. The van der Waals surface area contributed by atoms with Gasteiger partial charge in [0.15, 0.2) is 0 Å². The molecule has 1 fully saturated rings. The van der Waals surface area contributed by atoms with Crippen molar-refractivity contribution in [2.45, 2.75) is 224 Å². The predicted molar refractivity (Wildman–Crippen MR) is 356 cm³/mol. The summed E-state index contributed by atoms with van der Waals surface area (Å²) in [6.07, 6.45) is -6.91. The molecule has 36 nitrogen and oxygen atoms in total. The molecule has 0 spiro atoms. The van der Waals surface area contributed by atoms with Crippen LogP contribution in [0.3, 0.4) is 0 Å². The number of likely N-dealkylation sites (tertiary alicyclic amines) is 1. The summed E-state index contributed by atoms with van der Waals surface area (Å²) in [4.78, 5) is 215. The lowest BCUT2D eigenvalue weighted by atomic mass is 10.00. The molecule has 1 aromatic carbocycles. The Balaban J connectivity index is 2.43. The third-order valence-electron chi connectivity index (χ3n) is 15.5. The van der Waals surface area contributed by atoms with Crippen molar-refractivity contribution in [3.05, 3.63) is 29.8 Å². The van der Waals surface area contributed by atoms with Gasteiger partial charge in [0, 0.05) is 25.8 Å². The van der Waals surface area contributed by atoms with Crippen LogP contribution in [-0.2, 0) is 83.1 Å². The lowest BCUT2D eigenvalue weighted by molar-refractivity contribution is -0.144. The topological polar surface area (TPSA) is 590 Å². The minimum atomic E-state index is -2.11. The maximum Gasteiger partial charge on any atom is 0.326 e. The molecule has 37 heteroatoms. The Bertz CT molecular complexity index is 3040. The number of rotatable bonds is 45. The van der Waals surface area contributed by atoms with Gasteiger partial charge in [0.05, 0.1) is 31.1 Å². The fraction of sp³-hybridized carbons (Fsp3) is 0.651. The van der Waals surface area contributed by atoms with Crippen molar-refractivity contribution in [2.24, 2.45) is 29.2 Å². The molecule has 0 radical (unpaired) electrons. The van der Waals surface area contributed by atoms with E-state index in [1.165, 1.54) is 36.0 Å². The van der Waals surface area contributed by atoms with E-state index in [1.54, 1.807) is 41.5 Å². The Kier molecular flexibility index (Phi) is 37.1. The van der Waals surface area contributed by atoms with E-state index in [0.717, 1.165) is 18.7 Å². The first-order chi connectivity index (χ1) is 46.6. The summed E-state index contributed by atoms with van der Waals surface area (Å²) in [5.41, 5.74) is 11.9. The van der Waals surface area contributed by atoms with E-state index >= 15 is 0 Å². The van der Waals surface area contributed by atoms with E-state index in [0.29, 0.717) is 11.3 Å². The second kappa shape index (κ2) is 42.7. The number of carbonyl (C=O) groups excluding carboxylic acids is 12. The number of carbonyl (C=O) groups is 16. The molecule has 14 atom stereocenters. The van der Waals surface area contributed by atoms with Gasteiger partial charge in [0.25, 0.3) is 0 Å². The number of hydrogen-bond donors (Lipinski definition) is 19. The van der Waals surface area contributed by atoms with Gasteiger partial charge in [-0.25, -0.2) is 4.79 Å². The van der Waals surface area contributed by atoms with Crippen LogP contribution < -0.4 is 64.6 Å². The molecule has 0 aromatic heterocycles. The van der Waals surface area contributed by atoms with Crippen LogP contribution in [0.4, 0.5) is 0 Å². The lowest BCUT2D eigenvalue weighted by Crippen LogP contribution is -2.63. The molecule has 0 bridgehead atoms. The quantitative estimate of drug-likeness (QED) is 0.0295. The van der Waals surface area contributed by atoms with Crippen LogP contribution >= 0.6 is 11.8 Å². The largest absolute Gasteiger partial charge is 0.508 e. The van der Waals surface area contributed by atoms with Crippen molar-refractivity contribution in [1.82, 2.24) is 58.1 Å². The molecule has 0 unspecified atom stereocenters. The summed E-state index contributed by atoms with van der Waals surface area (Å²) < 4.78 is 0. The number of aliphatic hydroxyl groups is 2. The Labute approximate surface area is 581 Å². The van der Waals surface area contributed by atoms with Gasteiger partial charge in [-0.3, -0.25) is 71.9 Å². The normalized spacial score (nSPS) is 16.7. The zero-order valence-corrected chi connectivity index (χ0v) is 58.2. The molecule has 2 rings (SSSR count). The number of aliphatic hydroxyl groups excluding tert-OH is 2. The molecule has 1 heterocycles. The van der Waals surface area contributed by atoms with Crippen LogP contribution in [0, 0.1) is 17.8 Å². The van der Waals surface area contributed by atoms with Crippen LogP contribution in [0.2, 0.25) is 0 Å². The molecule has 12 amide bonds. The average molecular weight is 1440 g/mol. The number of amides is 12. The third kappa shape index (κ3) is 30.9. The Morgan fingerprint density at radius 1 is 0.490 bits per heavy atom. The van der Waals surface area contributed by atoms with Crippen molar-refractivity contribution in [3.8, 4) is 5.75 Å². The van der Waals surface area contributed by atoms with Crippen molar-refractivity contribution in [2.75, 3.05) is 18.6 Å². The molecule has 1 aromatic rings. The fourth-order valence-electron chi connectivity index (χ4n) is 10.4. The van der Waals surface area contributed by atoms with Gasteiger partial charge < -0.3 is 105 Å². The van der Waals surface area contributed by atoms with Gasteiger partial charge >= 0.3 is 23.9 Å². The summed E-state index contributed by atoms with van der Waals surface area (Å²) in [5.74, 6) is -20.0. The van der Waals surface area contributed by atoms with E-state index in [1.807, 2.05) is 6.26 Å². The summed E-state index contributed by atoms with van der Waals surface area (Å²) in [7, 11) is 0. The van der Waals surface area contributed by atoms with Gasteiger partial charge in [0.2, 0.25) is 70.9 Å². The molecule has 21 N–H and O–H groups in total. The second-order valence-electron chi connectivity index (χ2n) is 25.8. The highest BCUT2D eigenvalue weighted by atomic mass is 32.2. The first-order valence-electron chi connectivity index (χ1n) is 32.6. The molecule has 0 saturated carbocycles. The van der Waals surface area contributed by atoms with E-state index in [9.17, 15) is 112 Å². The average Bonchev–Trinajstić information content (AvgIpc) is 1.56. The highest BCUT2D eigenvalue weighted by molar-refractivity contribution is 7.98. The molecular weight excluding hydrogens is 1340 g/mol. The number of carboxylic acids is 4. The molecule has 1 saturated heterocycles. The smallest absolute Gasteiger partial charge is 0.326 e. The minimum absolute atomic E-state index is 0.0495. The van der Waals surface area contributed by atoms with Crippen LogP contribution in [0.15, 0.2) is 24.3 Å². The number of thioether (sulfide) groups is 1. The molecule has 1 aliphatic rings. The maximum atomic E-state index is 14.6. The molecular formula is C63H99N13O23S. The van der Waals surface area contributed by atoms with Crippen LogP contribution in [0.5, 0.6) is 5.75 Å². The van der Waals surface area contributed by atoms with Crippen molar-refractivity contribution in [1.29, 1.82) is 0 Å². The number of carboxylic acid groups (broad SMARTS) is 4. The maximum absolute atomic E-state index is 14.6. The number of benzene rings is 1. The Morgan fingerprint density at radius 3 is 1.30 bits per heavy atom. The highest BCUT2D eigenvalue weighted by Gasteiger charge is 2.42. The highest BCUT2D eigenvalue weighted by Crippen LogP contribution is 2.22. The van der Waals surface area contributed by atoms with Gasteiger partial charge in [-0.1, -0.05) is 53.7 Å². The number of primary amides is 1. The third-order valence-corrected chi connectivity index (χ3v) is 16.2. The minimum Gasteiger partial charge on any atom is -0.508 e. The molecule has 560 valence electrons. The van der Waals surface area contributed by atoms with E-state index in [4.69, 9.17) is 11.5 Å². The number of hydrogen-bond acceptors (Lipinski definition) is 21. The molecule has 100 heavy (non-hydrogen) atoms. The van der Waals surface area contributed by atoms with Gasteiger partial charge in [-0.05, 0) is 113 Å². The summed E-state index contributed by atoms with van der Waals surface area (Å²) in [6.45, 7) is 11.9. The predicted octanol–water partition coefficient (Wildman–Crippen LogP) is -4.08. The molecule has 0 aliphatic carbocycles. The van der Waals surface area contributed by atoms with E-state index in [2.05, 4.69) is 53.2 Å². The van der Waals surface area contributed by atoms with Crippen molar-refractivity contribution < 1.29 is 112 Å². The van der Waals surface area contributed by atoms with Crippen LogP contribution in [0.25, 0.3) is 0 Å². The summed E-state index contributed by atoms with van der Waals surface area (Å²) in [5, 5.41) is 93.7. The van der Waals surface area contributed by atoms with Crippen molar-refractivity contribution in [3.63, 3.8) is 0 Å². The lowest BCUT2D eigenvalue weighted by Gasteiger charge is -2.31. The zero-order valence-electron chi connectivity index (χ0n) is 57.4. The summed E-state index contributed by atoms with van der Waals surface area (Å²) >= 11 is 1.44. The van der Waals surface area contributed by atoms with Gasteiger partial charge in [-0.15, -0.1) is 0 Å². The second-order valence-corrected chi connectivity index (χ2v) is 26.7. The van der Waals surface area contributed by atoms with E-state index in [-0.39, 0.29) is 75.0 Å². The van der Waals surface area contributed by atoms with E-state index < -0.39 is 218 Å². The zero-order chi connectivity index (χ0) is 76.0. The summed E-state index contributed by atoms with van der Waals surface area (Å²) in [6, 6.07) is -14.6. The number of aliphatic carboxylic acids is 4. The van der Waals surface area contributed by atoms with Gasteiger partial charge in [-0.2, -0.15) is 11.8 Å². The fourth-order valence-corrected chi connectivity index (χ4v) is 10.9. The Hall–Kier alpha value is -9.23. The number of nitrogens with two attached hydrogens (primary N) is 2. The monoisotopic (exact) mass is 1440 g/mol.